The van der Waals surface area contributed by atoms with Gasteiger partial charge in [0, 0.05) is 45.7 Å². The highest BCUT2D eigenvalue weighted by Gasteiger charge is 2.36. The lowest BCUT2D eigenvalue weighted by Gasteiger charge is -2.21. The van der Waals surface area contributed by atoms with E-state index in [0.717, 1.165) is 44.6 Å². The Morgan fingerprint density at radius 1 is 0.545 bits per heavy atom. The molecule has 55 heavy (non-hydrogen) atoms. The molecule has 5 nitrogen and oxygen atoms in total. The summed E-state index contributed by atoms with van der Waals surface area (Å²) in [7, 11) is 2.07. The van der Waals surface area contributed by atoms with Crippen LogP contribution in [0.2, 0.25) is 0 Å². The van der Waals surface area contributed by atoms with Crippen molar-refractivity contribution in [2.24, 2.45) is 0 Å². The van der Waals surface area contributed by atoms with E-state index in [2.05, 4.69) is 63.9 Å². The minimum absolute atomic E-state index is 0.166. The second-order valence-electron chi connectivity index (χ2n) is 14.9. The molecule has 0 spiro atoms. The van der Waals surface area contributed by atoms with Crippen molar-refractivity contribution in [3.63, 3.8) is 0 Å². The van der Waals surface area contributed by atoms with Crippen molar-refractivity contribution in [1.82, 2.24) is 14.3 Å². The van der Waals surface area contributed by atoms with Gasteiger partial charge in [0.2, 0.25) is 5.82 Å². The number of nitrogens with zero attached hydrogens (tertiary/aromatic N) is 5. The topological polar surface area (TPSA) is 29.2 Å². The van der Waals surface area contributed by atoms with Crippen molar-refractivity contribution in [2.75, 3.05) is 23.5 Å². The van der Waals surface area contributed by atoms with Crippen molar-refractivity contribution in [3.05, 3.63) is 156 Å². The lowest BCUT2D eigenvalue weighted by Crippen LogP contribution is -2.24. The van der Waals surface area contributed by atoms with Crippen molar-refractivity contribution in [1.29, 1.82) is 0 Å². The monoisotopic (exact) mass is 739 g/mol. The molecule has 1 aliphatic heterocycles. The molecule has 0 amide bonds. The van der Waals surface area contributed by atoms with Gasteiger partial charge in [0.1, 0.15) is 0 Å². The maximum absolute atomic E-state index is 15.8. The summed E-state index contributed by atoms with van der Waals surface area (Å²) in [6.07, 6.45) is 0. The van der Waals surface area contributed by atoms with Crippen molar-refractivity contribution < 1.29 is 22.0 Å². The van der Waals surface area contributed by atoms with Gasteiger partial charge in [-0.05, 0) is 48.5 Å². The third-order valence-corrected chi connectivity index (χ3v) is 10.3. The Morgan fingerprint density at radius 3 is 1.89 bits per heavy atom. The Morgan fingerprint density at radius 2 is 1.16 bits per heavy atom. The van der Waals surface area contributed by atoms with Gasteiger partial charge < -0.3 is 14.4 Å². The zero-order chi connectivity index (χ0) is 38.3. The fourth-order valence-electron chi connectivity index (χ4n) is 7.82. The van der Waals surface area contributed by atoms with Gasteiger partial charge in [-0.1, -0.05) is 93.6 Å². The van der Waals surface area contributed by atoms with Gasteiger partial charge in [0.05, 0.1) is 51.7 Å². The quantitative estimate of drug-likeness (QED) is 0.1000. The van der Waals surface area contributed by atoms with Crippen LogP contribution in [0.25, 0.3) is 55.6 Å². The number of aromatic nitrogens is 3. The molecule has 8 aromatic rings. The largest absolute Gasteiger partial charge is 0.355 e. The van der Waals surface area contributed by atoms with E-state index in [9.17, 15) is 13.2 Å². The molecule has 0 atom stereocenters. The highest BCUT2D eigenvalue weighted by molar-refractivity contribution is 6.10. The summed E-state index contributed by atoms with van der Waals surface area (Å²) in [6.45, 7) is 6.04. The van der Waals surface area contributed by atoms with E-state index < -0.39 is 40.1 Å². The van der Waals surface area contributed by atoms with Crippen LogP contribution in [0.4, 0.5) is 39.0 Å². The summed E-state index contributed by atoms with van der Waals surface area (Å²) in [5.74, 6) is -10.1. The third-order valence-electron chi connectivity index (χ3n) is 10.3. The standard InChI is InChI=1S/C45H34F5N5/c1-45(2,3)44-37(36-38(46)40(48)42(50)41(49)39(36)47)43(26-13-6-5-7-14-26)55(51-44)29-21-22-31-30-17-8-9-18-32(30)54(35(31)24-29)28-16-12-15-27(23-28)53-25-52(4)33-19-10-11-20-34(33)53/h5-24H,25H2,1-4H3. The van der Waals surface area contributed by atoms with E-state index in [1.165, 1.54) is 0 Å². The molecule has 0 unspecified atom stereocenters. The van der Waals surface area contributed by atoms with Gasteiger partial charge >= 0.3 is 0 Å². The normalized spacial score (nSPS) is 13.0. The summed E-state index contributed by atoms with van der Waals surface area (Å²) in [4.78, 5) is 4.47. The van der Waals surface area contributed by atoms with E-state index in [1.54, 1.807) is 55.8 Å². The first kappa shape index (κ1) is 34.4. The predicted molar refractivity (Wildman–Crippen MR) is 209 cm³/mol. The Balaban J connectivity index is 1.31. The number of halogens is 5. The molecular formula is C45H34F5N5. The minimum atomic E-state index is -2.21. The third kappa shape index (κ3) is 5.30. The zero-order valence-corrected chi connectivity index (χ0v) is 30.4. The first-order valence-electron chi connectivity index (χ1n) is 17.9. The van der Waals surface area contributed by atoms with E-state index in [-0.39, 0.29) is 17.0 Å². The van der Waals surface area contributed by atoms with E-state index in [1.807, 2.05) is 48.5 Å². The van der Waals surface area contributed by atoms with E-state index in [4.69, 9.17) is 5.10 Å². The van der Waals surface area contributed by atoms with Gasteiger partial charge in [-0.15, -0.1) is 0 Å². The number of benzene rings is 6. The fourth-order valence-corrected chi connectivity index (χ4v) is 7.82. The van der Waals surface area contributed by atoms with E-state index in [0.29, 0.717) is 17.9 Å². The van der Waals surface area contributed by atoms with Gasteiger partial charge in [-0.3, -0.25) is 0 Å². The first-order chi connectivity index (χ1) is 26.4. The number of anilines is 3. The van der Waals surface area contributed by atoms with Crippen LogP contribution in [0, 0.1) is 29.1 Å². The van der Waals surface area contributed by atoms with Crippen LogP contribution >= 0.6 is 0 Å². The molecule has 0 aliphatic carbocycles. The summed E-state index contributed by atoms with van der Waals surface area (Å²) in [5, 5.41) is 6.92. The first-order valence-corrected chi connectivity index (χ1v) is 17.9. The number of hydrogen-bond donors (Lipinski definition) is 0. The molecule has 0 saturated heterocycles. The molecule has 6 aromatic carbocycles. The van der Waals surface area contributed by atoms with E-state index >= 15 is 8.78 Å². The molecule has 3 heterocycles. The highest BCUT2D eigenvalue weighted by Crippen LogP contribution is 2.46. The maximum Gasteiger partial charge on any atom is 0.200 e. The molecular weight excluding hydrogens is 706 g/mol. The number of hydrogen-bond acceptors (Lipinski definition) is 3. The average Bonchev–Trinajstić information content (AvgIpc) is 3.86. The van der Waals surface area contributed by atoms with Gasteiger partial charge in [0.25, 0.3) is 0 Å². The predicted octanol–water partition coefficient (Wildman–Crippen LogP) is 11.8. The Bertz CT molecular complexity index is 2790. The summed E-state index contributed by atoms with van der Waals surface area (Å²) >= 11 is 0. The molecule has 0 saturated carbocycles. The van der Waals surface area contributed by atoms with Gasteiger partial charge in [-0.2, -0.15) is 5.10 Å². The van der Waals surface area contributed by atoms with Crippen LogP contribution in [0.3, 0.4) is 0 Å². The molecule has 0 radical (unpaired) electrons. The molecule has 274 valence electrons. The fraction of sp³-hybridized carbons (Fsp3) is 0.133. The summed E-state index contributed by atoms with van der Waals surface area (Å²) in [5.41, 5.74) is 5.26. The van der Waals surface area contributed by atoms with Crippen molar-refractivity contribution in [3.8, 4) is 33.8 Å². The smallest absolute Gasteiger partial charge is 0.200 e. The van der Waals surface area contributed by atoms with Crippen LogP contribution in [-0.2, 0) is 5.41 Å². The zero-order valence-electron chi connectivity index (χ0n) is 30.4. The van der Waals surface area contributed by atoms with Gasteiger partial charge in [0.15, 0.2) is 23.3 Å². The maximum atomic E-state index is 15.8. The SMILES string of the molecule is CN1CN(c2cccc(-n3c4ccccc4c4ccc(-n5nc(C(C)(C)C)c(-c6c(F)c(F)c(F)c(F)c6F)c5-c5ccccc5)cc43)c2)c2ccccc21. The van der Waals surface area contributed by atoms with Crippen LogP contribution in [0.15, 0.2) is 121 Å². The van der Waals surface area contributed by atoms with Crippen LogP contribution < -0.4 is 9.80 Å². The van der Waals surface area contributed by atoms with Crippen LogP contribution in [0.5, 0.6) is 0 Å². The van der Waals surface area contributed by atoms with Crippen molar-refractivity contribution in [2.45, 2.75) is 26.2 Å². The minimum Gasteiger partial charge on any atom is -0.355 e. The molecule has 0 N–H and O–H groups in total. The molecule has 1 aliphatic rings. The Hall–Kier alpha value is -6.42. The second kappa shape index (κ2) is 12.6. The Kier molecular flexibility index (Phi) is 7.86. The molecule has 2 aromatic heterocycles. The second-order valence-corrected chi connectivity index (χ2v) is 14.9. The van der Waals surface area contributed by atoms with Gasteiger partial charge in [-0.25, -0.2) is 26.6 Å². The molecule has 10 heteroatoms. The van der Waals surface area contributed by atoms with Crippen LogP contribution in [-0.4, -0.2) is 28.1 Å². The number of rotatable bonds is 5. The highest BCUT2D eigenvalue weighted by atomic mass is 19.2. The average molecular weight is 740 g/mol. The lowest BCUT2D eigenvalue weighted by atomic mass is 9.85. The summed E-state index contributed by atoms with van der Waals surface area (Å²) in [6, 6.07) is 39.2. The number of fused-ring (bicyclic) bond motifs is 4. The summed E-state index contributed by atoms with van der Waals surface area (Å²) < 4.78 is 79.5. The molecule has 0 bridgehead atoms. The van der Waals surface area contributed by atoms with Crippen molar-refractivity contribution >= 4 is 38.9 Å². The molecule has 9 rings (SSSR count). The lowest BCUT2D eigenvalue weighted by molar-refractivity contribution is 0.381. The van der Waals surface area contributed by atoms with Crippen LogP contribution in [0.1, 0.15) is 26.5 Å². The molecule has 0 fully saturated rings. The Labute approximate surface area is 314 Å². The number of para-hydroxylation sites is 3.